The highest BCUT2D eigenvalue weighted by atomic mass is 16.3. The van der Waals surface area contributed by atoms with Gasteiger partial charge in [0.2, 0.25) is 0 Å². The fourth-order valence-corrected chi connectivity index (χ4v) is 4.09. The molecule has 5 rings (SSSR count). The Kier molecular flexibility index (Phi) is 4.51. The molecular weight excluding hydrogens is 378 g/mol. The van der Waals surface area contributed by atoms with Gasteiger partial charge in [-0.2, -0.15) is 10.2 Å². The van der Waals surface area contributed by atoms with Gasteiger partial charge < -0.3 is 10.0 Å². The first-order valence-electron chi connectivity index (χ1n) is 10.3. The standard InChI is InChI=1S/C22H25N7O/c1-3-29-13-15(11-24-29)18-10-16-19(12-23-18)26-27-21(16)17-6-4-7-20(25-17)28-9-5-8-22(2,30)14-28/h4,6-7,10-13,30H,3,5,8-9,14H2,1-2H3,(H,26,27)/t22-/m1/s1. The highest BCUT2D eigenvalue weighted by Crippen LogP contribution is 2.30. The Hall–Kier alpha value is -3.26. The van der Waals surface area contributed by atoms with Crippen molar-refractivity contribution in [1.82, 2.24) is 29.9 Å². The van der Waals surface area contributed by atoms with Crippen LogP contribution in [0.15, 0.2) is 42.9 Å². The van der Waals surface area contributed by atoms with E-state index in [0.717, 1.165) is 65.3 Å². The van der Waals surface area contributed by atoms with E-state index < -0.39 is 5.60 Å². The number of anilines is 1. The average molecular weight is 403 g/mol. The third-order valence-corrected chi connectivity index (χ3v) is 5.68. The minimum absolute atomic E-state index is 0.584. The van der Waals surface area contributed by atoms with Gasteiger partial charge in [0.25, 0.3) is 0 Å². The Morgan fingerprint density at radius 2 is 2.13 bits per heavy atom. The zero-order chi connectivity index (χ0) is 20.7. The third-order valence-electron chi connectivity index (χ3n) is 5.68. The summed E-state index contributed by atoms with van der Waals surface area (Å²) in [6.07, 6.45) is 7.39. The quantitative estimate of drug-likeness (QED) is 0.543. The van der Waals surface area contributed by atoms with Crippen LogP contribution < -0.4 is 4.90 Å². The van der Waals surface area contributed by atoms with Crippen LogP contribution in [0.5, 0.6) is 0 Å². The summed E-state index contributed by atoms with van der Waals surface area (Å²) in [5, 5.41) is 23.4. The number of hydrogen-bond donors (Lipinski definition) is 2. The normalized spacial score (nSPS) is 19.5. The molecule has 0 aromatic carbocycles. The predicted octanol–water partition coefficient (Wildman–Crippen LogP) is 3.25. The number of aromatic amines is 1. The molecule has 5 heterocycles. The van der Waals surface area contributed by atoms with E-state index in [1.165, 1.54) is 0 Å². The van der Waals surface area contributed by atoms with Gasteiger partial charge in [-0.1, -0.05) is 6.07 Å². The molecule has 1 saturated heterocycles. The number of aromatic nitrogens is 6. The van der Waals surface area contributed by atoms with Crippen molar-refractivity contribution < 1.29 is 5.11 Å². The summed E-state index contributed by atoms with van der Waals surface area (Å²) in [6.45, 7) is 6.24. The summed E-state index contributed by atoms with van der Waals surface area (Å²) in [5.74, 6) is 0.863. The van der Waals surface area contributed by atoms with E-state index in [1.807, 2.05) is 48.3 Å². The molecule has 154 valence electrons. The highest BCUT2D eigenvalue weighted by molar-refractivity contribution is 5.93. The van der Waals surface area contributed by atoms with Crippen molar-refractivity contribution in [1.29, 1.82) is 0 Å². The molecule has 0 radical (unpaired) electrons. The first kappa shape index (κ1) is 18.7. The Morgan fingerprint density at radius 3 is 2.93 bits per heavy atom. The van der Waals surface area contributed by atoms with E-state index in [2.05, 4.69) is 32.1 Å². The second-order valence-corrected chi connectivity index (χ2v) is 8.18. The number of nitrogens with one attached hydrogen (secondary N) is 1. The van der Waals surface area contributed by atoms with Gasteiger partial charge in [0.05, 0.1) is 34.9 Å². The number of pyridine rings is 2. The van der Waals surface area contributed by atoms with Crippen LogP contribution in [0.25, 0.3) is 33.5 Å². The molecule has 0 saturated carbocycles. The highest BCUT2D eigenvalue weighted by Gasteiger charge is 2.29. The molecule has 0 amide bonds. The number of aliphatic hydroxyl groups is 1. The number of β-amino-alcohol motifs (C(OH)–C–C–N with tert-alkyl or cyclic N) is 1. The minimum atomic E-state index is -0.682. The van der Waals surface area contributed by atoms with Crippen molar-refractivity contribution in [2.24, 2.45) is 0 Å². The third kappa shape index (κ3) is 3.43. The van der Waals surface area contributed by atoms with Crippen LogP contribution in [0, 0.1) is 0 Å². The number of fused-ring (bicyclic) bond motifs is 1. The Balaban J connectivity index is 1.52. The molecule has 0 unspecified atom stereocenters. The van der Waals surface area contributed by atoms with Crippen LogP contribution >= 0.6 is 0 Å². The molecule has 4 aromatic rings. The molecular formula is C22H25N7O. The van der Waals surface area contributed by atoms with Gasteiger partial charge in [-0.15, -0.1) is 0 Å². The fraction of sp³-hybridized carbons (Fsp3) is 0.364. The zero-order valence-corrected chi connectivity index (χ0v) is 17.2. The zero-order valence-electron chi connectivity index (χ0n) is 17.2. The topological polar surface area (TPSA) is 95.8 Å². The smallest absolute Gasteiger partial charge is 0.129 e. The summed E-state index contributed by atoms with van der Waals surface area (Å²) in [4.78, 5) is 11.6. The maximum Gasteiger partial charge on any atom is 0.129 e. The van der Waals surface area contributed by atoms with Gasteiger partial charge >= 0.3 is 0 Å². The van der Waals surface area contributed by atoms with Crippen molar-refractivity contribution in [3.05, 3.63) is 42.9 Å². The van der Waals surface area contributed by atoms with Gasteiger partial charge in [-0.05, 0) is 44.9 Å². The predicted molar refractivity (Wildman–Crippen MR) is 116 cm³/mol. The second kappa shape index (κ2) is 7.21. The Labute approximate surface area is 174 Å². The maximum atomic E-state index is 10.5. The van der Waals surface area contributed by atoms with Crippen LogP contribution in [-0.4, -0.2) is 53.7 Å². The molecule has 0 aliphatic carbocycles. The first-order chi connectivity index (χ1) is 14.5. The van der Waals surface area contributed by atoms with Gasteiger partial charge in [-0.3, -0.25) is 14.8 Å². The summed E-state index contributed by atoms with van der Waals surface area (Å²) in [7, 11) is 0. The lowest BCUT2D eigenvalue weighted by molar-refractivity contribution is 0.0447. The molecule has 1 aliphatic rings. The first-order valence-corrected chi connectivity index (χ1v) is 10.3. The molecule has 4 aromatic heterocycles. The number of nitrogens with zero attached hydrogens (tertiary/aromatic N) is 6. The number of piperidine rings is 1. The van der Waals surface area contributed by atoms with Gasteiger partial charge in [0, 0.05) is 36.8 Å². The van der Waals surface area contributed by atoms with Gasteiger partial charge in [0.15, 0.2) is 0 Å². The largest absolute Gasteiger partial charge is 0.388 e. The van der Waals surface area contributed by atoms with Crippen LogP contribution in [0.2, 0.25) is 0 Å². The van der Waals surface area contributed by atoms with E-state index in [9.17, 15) is 5.11 Å². The maximum absolute atomic E-state index is 10.5. The van der Waals surface area contributed by atoms with E-state index in [0.29, 0.717) is 6.54 Å². The molecule has 8 heteroatoms. The number of rotatable bonds is 4. The summed E-state index contributed by atoms with van der Waals surface area (Å²) in [6, 6.07) is 7.99. The van der Waals surface area contributed by atoms with Gasteiger partial charge in [0.1, 0.15) is 11.5 Å². The van der Waals surface area contributed by atoms with Gasteiger partial charge in [-0.25, -0.2) is 4.98 Å². The molecule has 1 atom stereocenters. The summed E-state index contributed by atoms with van der Waals surface area (Å²) < 4.78 is 1.88. The minimum Gasteiger partial charge on any atom is -0.388 e. The number of hydrogen-bond acceptors (Lipinski definition) is 6. The van der Waals surface area contributed by atoms with E-state index in [4.69, 9.17) is 4.98 Å². The Morgan fingerprint density at radius 1 is 1.23 bits per heavy atom. The van der Waals surface area contributed by atoms with Crippen molar-refractivity contribution in [3.63, 3.8) is 0 Å². The van der Waals surface area contributed by atoms with Crippen molar-refractivity contribution in [2.75, 3.05) is 18.0 Å². The van der Waals surface area contributed by atoms with Crippen LogP contribution in [-0.2, 0) is 6.54 Å². The van der Waals surface area contributed by atoms with Crippen molar-refractivity contribution >= 4 is 16.7 Å². The average Bonchev–Trinajstić information content (AvgIpc) is 3.40. The molecule has 1 fully saturated rings. The lowest BCUT2D eigenvalue weighted by atomic mass is 9.95. The number of aryl methyl sites for hydroxylation is 1. The molecule has 30 heavy (non-hydrogen) atoms. The summed E-state index contributed by atoms with van der Waals surface area (Å²) >= 11 is 0. The van der Waals surface area contributed by atoms with E-state index >= 15 is 0 Å². The van der Waals surface area contributed by atoms with Crippen molar-refractivity contribution in [3.8, 4) is 22.6 Å². The molecule has 0 spiro atoms. The number of H-pyrrole nitrogens is 1. The van der Waals surface area contributed by atoms with E-state index in [1.54, 1.807) is 6.20 Å². The van der Waals surface area contributed by atoms with Crippen molar-refractivity contribution in [2.45, 2.75) is 38.8 Å². The van der Waals surface area contributed by atoms with Crippen LogP contribution in [0.3, 0.4) is 0 Å². The van der Waals surface area contributed by atoms with Crippen LogP contribution in [0.1, 0.15) is 26.7 Å². The fourth-order valence-electron chi connectivity index (χ4n) is 4.09. The SMILES string of the molecule is CCn1cc(-c2cc3c(-c4cccc(N5CCC[C@@](C)(O)C5)n4)n[nH]c3cn2)cn1. The molecule has 0 bridgehead atoms. The second-order valence-electron chi connectivity index (χ2n) is 8.18. The lowest BCUT2D eigenvalue weighted by Crippen LogP contribution is -2.46. The van der Waals surface area contributed by atoms with Crippen LogP contribution in [0.4, 0.5) is 5.82 Å². The molecule has 2 N–H and O–H groups in total. The molecule has 1 aliphatic heterocycles. The summed E-state index contributed by atoms with van der Waals surface area (Å²) in [5.41, 5.74) is 3.60. The Bertz CT molecular complexity index is 1190. The van der Waals surface area contributed by atoms with E-state index in [-0.39, 0.29) is 0 Å². The molecule has 8 nitrogen and oxygen atoms in total. The lowest BCUT2D eigenvalue weighted by Gasteiger charge is -2.37. The monoisotopic (exact) mass is 403 g/mol.